The van der Waals surface area contributed by atoms with Gasteiger partial charge in [0.2, 0.25) is 11.0 Å². The number of ether oxygens (including phenoxy) is 1. The summed E-state index contributed by atoms with van der Waals surface area (Å²) < 4.78 is 5.46. The van der Waals surface area contributed by atoms with Crippen LogP contribution in [0.15, 0.2) is 60.1 Å². The molecule has 1 fully saturated rings. The molecule has 6 nitrogen and oxygen atoms in total. The van der Waals surface area contributed by atoms with Crippen molar-refractivity contribution in [3.8, 4) is 0 Å². The van der Waals surface area contributed by atoms with Crippen LogP contribution >= 0.6 is 11.3 Å². The molecule has 1 aromatic heterocycles. The Morgan fingerprint density at radius 2 is 1.73 bits per heavy atom. The Morgan fingerprint density at radius 1 is 1.07 bits per heavy atom. The number of aromatic nitrogens is 2. The number of carbonyl (C=O) groups excluding carboxylic acids is 1. The number of benzene rings is 2. The van der Waals surface area contributed by atoms with Gasteiger partial charge in [-0.2, -0.15) is 0 Å². The van der Waals surface area contributed by atoms with Crippen LogP contribution in [-0.4, -0.2) is 42.4 Å². The van der Waals surface area contributed by atoms with E-state index < -0.39 is 5.41 Å². The third kappa shape index (κ3) is 4.37. The molecule has 0 radical (unpaired) electrons. The molecule has 1 saturated heterocycles. The van der Waals surface area contributed by atoms with Crippen molar-refractivity contribution in [2.45, 2.75) is 19.8 Å². The van der Waals surface area contributed by atoms with E-state index in [4.69, 9.17) is 4.74 Å². The van der Waals surface area contributed by atoms with Crippen LogP contribution in [0.1, 0.15) is 30.9 Å². The molecule has 0 aliphatic carbocycles. The van der Waals surface area contributed by atoms with Gasteiger partial charge in [-0.3, -0.25) is 4.79 Å². The molecule has 1 amide bonds. The molecule has 1 unspecified atom stereocenters. The Hall–Kier alpha value is -2.77. The number of nitrogens with zero attached hydrogens (tertiary/aromatic N) is 3. The van der Waals surface area contributed by atoms with E-state index in [0.29, 0.717) is 5.13 Å². The quantitative estimate of drug-likeness (QED) is 0.646. The zero-order valence-corrected chi connectivity index (χ0v) is 18.1. The summed E-state index contributed by atoms with van der Waals surface area (Å²) in [5, 5.41) is 11.2. The zero-order valence-electron chi connectivity index (χ0n) is 17.2. The maximum Gasteiger partial charge on any atom is 0.232 e. The van der Waals surface area contributed by atoms with Crippen molar-refractivity contribution in [2.24, 2.45) is 5.41 Å². The number of amides is 1. The Kier molecular flexibility index (Phi) is 6.11. The number of rotatable bonds is 6. The smallest absolute Gasteiger partial charge is 0.232 e. The van der Waals surface area contributed by atoms with Gasteiger partial charge in [-0.1, -0.05) is 67.6 Å². The molecule has 30 heavy (non-hydrogen) atoms. The number of carbonyl (C=O) groups is 1. The maximum absolute atomic E-state index is 13.2. The molecule has 7 heteroatoms. The zero-order chi connectivity index (χ0) is 21.0. The summed E-state index contributed by atoms with van der Waals surface area (Å²) in [6.07, 6.45) is 0. The van der Waals surface area contributed by atoms with Crippen molar-refractivity contribution in [3.63, 3.8) is 0 Å². The van der Waals surface area contributed by atoms with Crippen LogP contribution < -0.4 is 10.2 Å². The first-order valence-electron chi connectivity index (χ1n) is 10.1. The van der Waals surface area contributed by atoms with Gasteiger partial charge in [0.25, 0.3) is 0 Å². The fraction of sp³-hybridized carbons (Fsp3) is 0.348. The summed E-state index contributed by atoms with van der Waals surface area (Å²) in [6.45, 7) is 7.28. The van der Waals surface area contributed by atoms with Crippen molar-refractivity contribution < 1.29 is 9.53 Å². The molecule has 1 aliphatic rings. The van der Waals surface area contributed by atoms with E-state index in [9.17, 15) is 4.79 Å². The largest absolute Gasteiger partial charge is 0.378 e. The molecule has 0 spiro atoms. The standard InChI is InChI=1S/C23H26N4O2S/c1-23(2,21(28)25-22-26-24-16-30-22)20(17-6-4-3-5-7-17)18-8-10-19(11-9-18)27-12-14-29-15-13-27/h3-11,16,20H,12-15H2,1-2H3,(H,25,26,28). The van der Waals surface area contributed by atoms with E-state index in [1.54, 1.807) is 5.51 Å². The lowest BCUT2D eigenvalue weighted by Gasteiger charge is -2.34. The average molecular weight is 423 g/mol. The summed E-state index contributed by atoms with van der Waals surface area (Å²) in [7, 11) is 0. The lowest BCUT2D eigenvalue weighted by atomic mass is 9.70. The minimum atomic E-state index is -0.701. The first-order valence-corrected chi connectivity index (χ1v) is 11.0. The lowest BCUT2D eigenvalue weighted by Crippen LogP contribution is -2.37. The second-order valence-electron chi connectivity index (χ2n) is 7.95. The first kappa shape index (κ1) is 20.5. The van der Waals surface area contributed by atoms with Crippen molar-refractivity contribution in [3.05, 3.63) is 71.2 Å². The van der Waals surface area contributed by atoms with Crippen LogP contribution in [0.2, 0.25) is 0 Å². The third-order valence-electron chi connectivity index (χ3n) is 5.62. The molecule has 1 aliphatic heterocycles. The van der Waals surface area contributed by atoms with Crippen LogP contribution in [0.4, 0.5) is 10.8 Å². The highest BCUT2D eigenvalue weighted by atomic mass is 32.1. The topological polar surface area (TPSA) is 67.4 Å². The van der Waals surface area contributed by atoms with Crippen molar-refractivity contribution in [1.29, 1.82) is 0 Å². The monoisotopic (exact) mass is 422 g/mol. The van der Waals surface area contributed by atoms with Gasteiger partial charge in [0.15, 0.2) is 0 Å². The summed E-state index contributed by atoms with van der Waals surface area (Å²) in [5.74, 6) is -0.185. The number of nitrogens with one attached hydrogen (secondary N) is 1. The molecule has 1 atom stereocenters. The van der Waals surface area contributed by atoms with E-state index >= 15 is 0 Å². The van der Waals surface area contributed by atoms with Crippen molar-refractivity contribution in [2.75, 3.05) is 36.5 Å². The van der Waals surface area contributed by atoms with E-state index in [1.807, 2.05) is 32.0 Å². The van der Waals surface area contributed by atoms with E-state index in [-0.39, 0.29) is 11.8 Å². The van der Waals surface area contributed by atoms with Crippen LogP contribution in [0, 0.1) is 5.41 Å². The summed E-state index contributed by atoms with van der Waals surface area (Å²) >= 11 is 1.32. The number of anilines is 2. The number of morpholine rings is 1. The molecular weight excluding hydrogens is 396 g/mol. The Bertz CT molecular complexity index is 953. The minimum Gasteiger partial charge on any atom is -0.378 e. The second-order valence-corrected chi connectivity index (χ2v) is 8.79. The third-order valence-corrected chi connectivity index (χ3v) is 6.23. The highest BCUT2D eigenvalue weighted by Gasteiger charge is 2.39. The predicted octanol–water partition coefficient (Wildman–Crippen LogP) is 4.17. The molecule has 0 saturated carbocycles. The first-order chi connectivity index (χ1) is 14.6. The van der Waals surface area contributed by atoms with Gasteiger partial charge < -0.3 is 15.0 Å². The molecule has 1 N–H and O–H groups in total. The van der Waals surface area contributed by atoms with Crippen LogP contribution in [-0.2, 0) is 9.53 Å². The highest BCUT2D eigenvalue weighted by molar-refractivity contribution is 7.13. The van der Waals surface area contributed by atoms with Crippen molar-refractivity contribution >= 4 is 28.1 Å². The normalized spacial score (nSPS) is 15.6. The van der Waals surface area contributed by atoms with Crippen LogP contribution in [0.5, 0.6) is 0 Å². The second kappa shape index (κ2) is 8.93. The van der Waals surface area contributed by atoms with Crippen LogP contribution in [0.25, 0.3) is 0 Å². The van der Waals surface area contributed by atoms with Gasteiger partial charge in [0.1, 0.15) is 5.51 Å². The molecule has 0 bridgehead atoms. The lowest BCUT2D eigenvalue weighted by molar-refractivity contribution is -0.124. The van der Waals surface area contributed by atoms with Gasteiger partial charge >= 0.3 is 0 Å². The molecule has 156 valence electrons. The molecule has 3 aromatic rings. The molecule has 2 aromatic carbocycles. The average Bonchev–Trinajstić information content (AvgIpc) is 3.29. The van der Waals surface area contributed by atoms with Gasteiger partial charge in [-0.25, -0.2) is 0 Å². The van der Waals surface area contributed by atoms with Gasteiger partial charge in [0.05, 0.1) is 18.6 Å². The van der Waals surface area contributed by atoms with E-state index in [1.165, 1.54) is 17.0 Å². The van der Waals surface area contributed by atoms with E-state index in [2.05, 4.69) is 56.8 Å². The molecule has 4 rings (SSSR count). The van der Waals surface area contributed by atoms with Gasteiger partial charge in [-0.05, 0) is 23.3 Å². The fourth-order valence-electron chi connectivity index (χ4n) is 3.99. The van der Waals surface area contributed by atoms with E-state index in [0.717, 1.165) is 37.4 Å². The Morgan fingerprint density at radius 3 is 2.37 bits per heavy atom. The van der Waals surface area contributed by atoms with Crippen molar-refractivity contribution in [1.82, 2.24) is 10.2 Å². The summed E-state index contributed by atoms with van der Waals surface area (Å²) in [5.41, 5.74) is 4.31. The number of hydrogen-bond donors (Lipinski definition) is 1. The summed E-state index contributed by atoms with van der Waals surface area (Å²) in [6, 6.07) is 18.8. The SMILES string of the molecule is CC(C)(C(=O)Nc1nncs1)C(c1ccccc1)c1ccc(N2CCOCC2)cc1. The highest BCUT2D eigenvalue weighted by Crippen LogP contribution is 2.42. The van der Waals surface area contributed by atoms with Gasteiger partial charge in [0, 0.05) is 24.7 Å². The molecule has 2 heterocycles. The number of hydrogen-bond acceptors (Lipinski definition) is 6. The van der Waals surface area contributed by atoms with Gasteiger partial charge in [-0.15, -0.1) is 10.2 Å². The molecular formula is C23H26N4O2S. The minimum absolute atomic E-state index is 0.0784. The Labute approximate surface area is 180 Å². The predicted molar refractivity (Wildman–Crippen MR) is 120 cm³/mol. The fourth-order valence-corrected chi connectivity index (χ4v) is 4.43. The maximum atomic E-state index is 13.2. The Balaban J connectivity index is 1.65. The summed E-state index contributed by atoms with van der Waals surface area (Å²) in [4.78, 5) is 15.6. The van der Waals surface area contributed by atoms with Crippen LogP contribution in [0.3, 0.4) is 0 Å².